The Morgan fingerprint density at radius 2 is 1.84 bits per heavy atom. The molecule has 0 aliphatic carbocycles. The van der Waals surface area contributed by atoms with Crippen LogP contribution in [-0.4, -0.2) is 39.9 Å². The van der Waals surface area contributed by atoms with Gasteiger partial charge in [0.25, 0.3) is 0 Å². The summed E-state index contributed by atoms with van der Waals surface area (Å²) in [4.78, 5) is 29.6. The van der Waals surface area contributed by atoms with E-state index in [1.807, 2.05) is 0 Å². The highest BCUT2D eigenvalue weighted by Crippen LogP contribution is 2.27. The van der Waals surface area contributed by atoms with Crippen molar-refractivity contribution >= 4 is 22.6 Å². The predicted molar refractivity (Wildman–Crippen MR) is 118 cm³/mol. The van der Waals surface area contributed by atoms with Gasteiger partial charge in [-0.3, -0.25) is 9.78 Å². The number of ketones is 1. The van der Waals surface area contributed by atoms with Crippen LogP contribution in [0.4, 0.5) is 5.95 Å². The van der Waals surface area contributed by atoms with Crippen LogP contribution in [0.2, 0.25) is 0 Å². The van der Waals surface area contributed by atoms with Crippen LogP contribution < -0.4 is 19.9 Å². The van der Waals surface area contributed by atoms with Crippen molar-refractivity contribution in [1.29, 1.82) is 0 Å². The summed E-state index contributed by atoms with van der Waals surface area (Å²) in [6, 6.07) is 11.3. The van der Waals surface area contributed by atoms with E-state index in [0.717, 1.165) is 0 Å². The molecule has 0 unspecified atom stereocenters. The molecule has 0 aliphatic rings. The van der Waals surface area contributed by atoms with E-state index in [4.69, 9.17) is 22.7 Å². The van der Waals surface area contributed by atoms with Crippen molar-refractivity contribution in [3.8, 4) is 23.1 Å². The average Bonchev–Trinajstić information content (AvgIpc) is 2.83. The summed E-state index contributed by atoms with van der Waals surface area (Å²) in [5.74, 6) is 0.788. The number of ether oxygens (including phenoxy) is 3. The molecule has 0 spiro atoms. The molecular formula is C23H21N5O4. The molecule has 3 heterocycles. The molecule has 3 aromatic heterocycles. The lowest BCUT2D eigenvalue weighted by atomic mass is 10.1. The van der Waals surface area contributed by atoms with Crippen LogP contribution in [0.15, 0.2) is 54.9 Å². The predicted octanol–water partition coefficient (Wildman–Crippen LogP) is 3.63. The maximum atomic E-state index is 13.1. The third kappa shape index (κ3) is 4.56. The Balaban J connectivity index is 1.61. The summed E-state index contributed by atoms with van der Waals surface area (Å²) in [7, 11) is 2.99. The van der Waals surface area contributed by atoms with E-state index in [1.165, 1.54) is 32.7 Å². The van der Waals surface area contributed by atoms with Crippen LogP contribution in [0.3, 0.4) is 0 Å². The maximum absolute atomic E-state index is 13.1. The van der Waals surface area contributed by atoms with Crippen LogP contribution in [0.25, 0.3) is 10.9 Å². The number of fused-ring (bicyclic) bond motifs is 1. The van der Waals surface area contributed by atoms with Gasteiger partial charge in [0.1, 0.15) is 22.7 Å². The highest BCUT2D eigenvalue weighted by Gasteiger charge is 2.17. The van der Waals surface area contributed by atoms with Crippen molar-refractivity contribution < 1.29 is 21.7 Å². The number of rotatable bonds is 8. The topological polar surface area (TPSA) is 122 Å². The molecule has 0 fully saturated rings. The van der Waals surface area contributed by atoms with Gasteiger partial charge in [0, 0.05) is 32.4 Å². The average molecular weight is 433 g/mol. The number of aromatic nitrogens is 4. The molecule has 0 atom stereocenters. The molecule has 4 aromatic rings. The third-order valence-electron chi connectivity index (χ3n) is 4.49. The minimum atomic E-state index is -2.12. The van der Waals surface area contributed by atoms with E-state index in [0.29, 0.717) is 28.2 Å². The first-order chi connectivity index (χ1) is 16.3. The molecule has 9 heteroatoms. The lowest BCUT2D eigenvalue weighted by molar-refractivity contribution is 0.0979. The van der Waals surface area contributed by atoms with E-state index in [-0.39, 0.29) is 23.2 Å². The first-order valence-electron chi connectivity index (χ1n) is 10.6. The van der Waals surface area contributed by atoms with Crippen LogP contribution >= 0.6 is 0 Å². The van der Waals surface area contributed by atoms with E-state index >= 15 is 0 Å². The lowest BCUT2D eigenvalue weighted by Crippen LogP contribution is -2.09. The van der Waals surface area contributed by atoms with E-state index in [9.17, 15) is 4.79 Å². The SMILES string of the molecule is [2H]C([2H])(CC(=O)c1nc(N)nc2c(OC)cccc12)c1cccc(Oc2cncc(OC)c2)n1. The summed E-state index contributed by atoms with van der Waals surface area (Å²) in [5, 5.41) is 0.421. The number of Topliss-reactive ketones (excluding diaryl/α,β-unsaturated/α-hetero) is 1. The highest BCUT2D eigenvalue weighted by molar-refractivity contribution is 6.07. The van der Waals surface area contributed by atoms with Gasteiger partial charge in [-0.25, -0.2) is 15.0 Å². The van der Waals surface area contributed by atoms with Gasteiger partial charge in [0.05, 0.1) is 26.6 Å². The molecule has 0 aliphatic heterocycles. The van der Waals surface area contributed by atoms with Gasteiger partial charge in [-0.05, 0) is 18.5 Å². The molecule has 162 valence electrons. The molecule has 9 nitrogen and oxygen atoms in total. The number of anilines is 1. The number of carbonyl (C=O) groups is 1. The summed E-state index contributed by atoms with van der Waals surface area (Å²) in [6.45, 7) is 0. The second-order valence-corrected chi connectivity index (χ2v) is 6.59. The zero-order valence-corrected chi connectivity index (χ0v) is 17.4. The summed E-state index contributed by atoms with van der Waals surface area (Å²) in [6.07, 6.45) is 0.370. The standard InChI is InChI=1S/C23H21N5O4/c1-30-15-11-16(13-25-12-15)32-20-8-3-5-14(26-20)9-10-18(29)21-17-6-4-7-19(31-2)22(17)28-23(24)27-21/h3-8,11-13H,9-10H2,1-2H3,(H2,24,27,28)/i9D2. The minimum Gasteiger partial charge on any atom is -0.495 e. The second-order valence-electron chi connectivity index (χ2n) is 6.59. The monoisotopic (exact) mass is 433 g/mol. The molecular weight excluding hydrogens is 410 g/mol. The number of hydrogen-bond donors (Lipinski definition) is 1. The number of nitrogens with zero attached hydrogens (tertiary/aromatic N) is 4. The number of benzene rings is 1. The van der Waals surface area contributed by atoms with Crippen LogP contribution in [0.1, 0.15) is 25.3 Å². The summed E-state index contributed by atoms with van der Waals surface area (Å²) in [5.41, 5.74) is 6.22. The normalized spacial score (nSPS) is 12.1. The summed E-state index contributed by atoms with van der Waals surface area (Å²) >= 11 is 0. The molecule has 0 amide bonds. The highest BCUT2D eigenvalue weighted by atomic mass is 16.5. The number of methoxy groups -OCH3 is 2. The Kier molecular flexibility index (Phi) is 5.35. The first-order valence-corrected chi connectivity index (χ1v) is 9.58. The molecule has 0 saturated heterocycles. The zero-order valence-electron chi connectivity index (χ0n) is 19.4. The number of nitrogen functional groups attached to an aromatic ring is 1. The van der Waals surface area contributed by atoms with Gasteiger partial charge in [0.15, 0.2) is 11.5 Å². The van der Waals surface area contributed by atoms with Gasteiger partial charge in [0.2, 0.25) is 11.8 Å². The molecule has 0 saturated carbocycles. The number of pyridine rings is 2. The van der Waals surface area contributed by atoms with Gasteiger partial charge in [-0.15, -0.1) is 0 Å². The van der Waals surface area contributed by atoms with Gasteiger partial charge >= 0.3 is 0 Å². The summed E-state index contributed by atoms with van der Waals surface area (Å²) < 4.78 is 33.2. The molecule has 0 radical (unpaired) electrons. The Labute approximate surface area is 187 Å². The Bertz CT molecular complexity index is 1370. The van der Waals surface area contributed by atoms with Crippen LogP contribution in [-0.2, 0) is 6.37 Å². The molecule has 2 N–H and O–H groups in total. The third-order valence-corrected chi connectivity index (χ3v) is 4.49. The first kappa shape index (κ1) is 18.5. The fourth-order valence-electron chi connectivity index (χ4n) is 3.03. The fraction of sp³-hybridized carbons (Fsp3) is 0.174. The van der Waals surface area contributed by atoms with Crippen molar-refractivity contribution in [2.45, 2.75) is 12.8 Å². The van der Waals surface area contributed by atoms with Gasteiger partial charge in [-0.1, -0.05) is 18.2 Å². The lowest BCUT2D eigenvalue weighted by Gasteiger charge is -2.09. The second kappa shape index (κ2) is 9.25. The van der Waals surface area contributed by atoms with Crippen LogP contribution in [0.5, 0.6) is 23.1 Å². The Morgan fingerprint density at radius 3 is 2.66 bits per heavy atom. The van der Waals surface area contributed by atoms with Crippen molar-refractivity contribution in [2.24, 2.45) is 0 Å². The maximum Gasteiger partial charge on any atom is 0.221 e. The van der Waals surface area contributed by atoms with E-state index in [1.54, 1.807) is 36.4 Å². The van der Waals surface area contributed by atoms with Crippen molar-refractivity contribution in [1.82, 2.24) is 19.9 Å². The molecule has 4 rings (SSSR count). The largest absolute Gasteiger partial charge is 0.495 e. The number of hydrogen-bond acceptors (Lipinski definition) is 9. The van der Waals surface area contributed by atoms with Gasteiger partial charge < -0.3 is 19.9 Å². The van der Waals surface area contributed by atoms with Crippen LogP contribution in [0, 0.1) is 0 Å². The smallest absolute Gasteiger partial charge is 0.221 e. The number of nitrogens with two attached hydrogens (primary N) is 1. The quantitative estimate of drug-likeness (QED) is 0.415. The Morgan fingerprint density at radius 1 is 1.03 bits per heavy atom. The molecule has 0 bridgehead atoms. The zero-order chi connectivity index (χ0) is 24.3. The van der Waals surface area contributed by atoms with E-state index < -0.39 is 18.6 Å². The Hall–Kier alpha value is -4.27. The number of carbonyl (C=O) groups excluding carboxylic acids is 1. The molecule has 1 aromatic carbocycles. The number of aryl methyl sites for hydroxylation is 1. The van der Waals surface area contributed by atoms with Crippen molar-refractivity contribution in [3.63, 3.8) is 0 Å². The van der Waals surface area contributed by atoms with Crippen molar-refractivity contribution in [2.75, 3.05) is 20.0 Å². The minimum absolute atomic E-state index is 0.0140. The number of para-hydroxylation sites is 1. The van der Waals surface area contributed by atoms with E-state index in [2.05, 4.69) is 19.9 Å². The van der Waals surface area contributed by atoms with Crippen molar-refractivity contribution in [3.05, 3.63) is 66.2 Å². The molecule has 32 heavy (non-hydrogen) atoms. The fourth-order valence-corrected chi connectivity index (χ4v) is 3.03. The van der Waals surface area contributed by atoms with Gasteiger partial charge in [-0.2, -0.15) is 0 Å².